The number of amides is 1. The van der Waals surface area contributed by atoms with Crippen molar-refractivity contribution in [3.8, 4) is 0 Å². The molecular weight excluding hydrogens is 336 g/mol. The van der Waals surface area contributed by atoms with Crippen molar-refractivity contribution in [2.75, 3.05) is 13.3 Å². The van der Waals surface area contributed by atoms with Gasteiger partial charge < -0.3 is 5.32 Å². The van der Waals surface area contributed by atoms with Gasteiger partial charge in [0.15, 0.2) is 0 Å². The molecule has 5 nitrogen and oxygen atoms in total. The Morgan fingerprint density at radius 2 is 1.48 bits per heavy atom. The molecule has 6 heteroatoms. The number of nitrogens with zero attached hydrogens (tertiary/aromatic N) is 1. The van der Waals surface area contributed by atoms with Gasteiger partial charge in [-0.05, 0) is 17.5 Å². The summed E-state index contributed by atoms with van der Waals surface area (Å²) in [6.45, 7) is 1.98. The van der Waals surface area contributed by atoms with Crippen molar-refractivity contribution < 1.29 is 13.2 Å². The summed E-state index contributed by atoms with van der Waals surface area (Å²) in [5.74, 6) is -0.338. The number of hydrogen-bond acceptors (Lipinski definition) is 3. The fourth-order valence-corrected chi connectivity index (χ4v) is 3.31. The number of rotatable bonds is 7. The first-order valence-electron chi connectivity index (χ1n) is 8.18. The first-order valence-corrected chi connectivity index (χ1v) is 10.0. The minimum atomic E-state index is -3.53. The Morgan fingerprint density at radius 3 is 1.92 bits per heavy atom. The van der Waals surface area contributed by atoms with E-state index in [1.165, 1.54) is 7.05 Å². The standard InChI is InChI=1S/C19H24N2O3S/c1-4-17(15-11-7-5-8-12-15)20-19(22)18(21(2)25(3,23)24)16-13-9-6-10-14-16/h5-14,17-18H,4H2,1-3H3,(H,20,22)/t17-,18-/m0/s1. The lowest BCUT2D eigenvalue weighted by atomic mass is 10.0. The summed E-state index contributed by atoms with van der Waals surface area (Å²) in [5.41, 5.74) is 1.63. The normalized spacial score (nSPS) is 14.1. The van der Waals surface area contributed by atoms with Crippen LogP contribution in [-0.4, -0.2) is 31.9 Å². The van der Waals surface area contributed by atoms with Gasteiger partial charge in [0.2, 0.25) is 15.9 Å². The SMILES string of the molecule is CC[C@H](NC(=O)[C@H](c1ccccc1)N(C)S(C)(=O)=O)c1ccccc1. The third-order valence-corrected chi connectivity index (χ3v) is 5.43. The second kappa shape index (κ2) is 8.27. The second-order valence-electron chi connectivity index (χ2n) is 5.97. The fourth-order valence-electron chi connectivity index (χ4n) is 2.71. The summed E-state index contributed by atoms with van der Waals surface area (Å²) < 4.78 is 25.1. The summed E-state index contributed by atoms with van der Waals surface area (Å²) in [6.07, 6.45) is 1.81. The van der Waals surface area contributed by atoms with Crippen LogP contribution in [0.3, 0.4) is 0 Å². The molecule has 2 atom stereocenters. The van der Waals surface area contributed by atoms with Crippen LogP contribution in [0.4, 0.5) is 0 Å². The third-order valence-electron chi connectivity index (χ3n) is 4.18. The smallest absolute Gasteiger partial charge is 0.243 e. The molecule has 134 valence electrons. The number of carbonyl (C=O) groups is 1. The van der Waals surface area contributed by atoms with Crippen LogP contribution in [0, 0.1) is 0 Å². The van der Waals surface area contributed by atoms with Crippen LogP contribution in [0.25, 0.3) is 0 Å². The summed E-state index contributed by atoms with van der Waals surface area (Å²) in [4.78, 5) is 13.0. The molecule has 25 heavy (non-hydrogen) atoms. The van der Waals surface area contributed by atoms with E-state index in [9.17, 15) is 13.2 Å². The van der Waals surface area contributed by atoms with Crippen LogP contribution >= 0.6 is 0 Å². The van der Waals surface area contributed by atoms with Crippen LogP contribution < -0.4 is 5.32 Å². The van der Waals surface area contributed by atoms with E-state index in [-0.39, 0.29) is 11.9 Å². The summed E-state index contributed by atoms with van der Waals surface area (Å²) in [6, 6.07) is 17.5. The number of hydrogen-bond donors (Lipinski definition) is 1. The predicted molar refractivity (Wildman–Crippen MR) is 99.4 cm³/mol. The molecule has 1 amide bonds. The maximum absolute atomic E-state index is 13.0. The molecule has 2 rings (SSSR count). The topological polar surface area (TPSA) is 66.5 Å². The number of benzene rings is 2. The molecule has 0 aliphatic carbocycles. The number of carbonyl (C=O) groups excluding carboxylic acids is 1. The summed E-state index contributed by atoms with van der Waals surface area (Å²) >= 11 is 0. The van der Waals surface area contributed by atoms with Crippen molar-refractivity contribution in [3.63, 3.8) is 0 Å². The van der Waals surface area contributed by atoms with Crippen LogP contribution in [0.15, 0.2) is 60.7 Å². The molecule has 0 heterocycles. The zero-order valence-electron chi connectivity index (χ0n) is 14.7. The molecule has 0 saturated heterocycles. The summed E-state index contributed by atoms with van der Waals surface area (Å²) in [7, 11) is -2.10. The van der Waals surface area contributed by atoms with Gasteiger partial charge >= 0.3 is 0 Å². The van der Waals surface area contributed by atoms with E-state index in [4.69, 9.17) is 0 Å². The van der Waals surface area contributed by atoms with Crippen LogP contribution in [-0.2, 0) is 14.8 Å². The average Bonchev–Trinajstić information content (AvgIpc) is 2.60. The molecule has 0 aliphatic heterocycles. The Labute approximate surface area is 149 Å². The van der Waals surface area contributed by atoms with Gasteiger partial charge in [-0.2, -0.15) is 4.31 Å². The molecule has 0 aromatic heterocycles. The molecule has 2 aromatic carbocycles. The number of nitrogens with one attached hydrogen (secondary N) is 1. The van der Waals surface area contributed by atoms with Gasteiger partial charge in [0.1, 0.15) is 6.04 Å². The Morgan fingerprint density at radius 1 is 1.00 bits per heavy atom. The Hall–Kier alpha value is -2.18. The zero-order chi connectivity index (χ0) is 18.4. The number of likely N-dealkylation sites (N-methyl/N-ethyl adjacent to an activating group) is 1. The summed E-state index contributed by atoms with van der Waals surface area (Å²) in [5, 5.41) is 2.99. The Kier molecular flexibility index (Phi) is 6.33. The molecule has 0 unspecified atom stereocenters. The molecule has 2 aromatic rings. The van der Waals surface area contributed by atoms with Gasteiger partial charge in [-0.1, -0.05) is 67.6 Å². The average molecular weight is 360 g/mol. The zero-order valence-corrected chi connectivity index (χ0v) is 15.5. The maximum Gasteiger partial charge on any atom is 0.243 e. The van der Waals surface area contributed by atoms with Crippen molar-refractivity contribution >= 4 is 15.9 Å². The van der Waals surface area contributed by atoms with E-state index in [1.807, 2.05) is 43.3 Å². The van der Waals surface area contributed by atoms with Gasteiger partial charge in [0.05, 0.1) is 12.3 Å². The van der Waals surface area contributed by atoms with Gasteiger partial charge in [0, 0.05) is 7.05 Å². The van der Waals surface area contributed by atoms with Gasteiger partial charge in [-0.3, -0.25) is 4.79 Å². The van der Waals surface area contributed by atoms with Gasteiger partial charge in [0.25, 0.3) is 0 Å². The highest BCUT2D eigenvalue weighted by atomic mass is 32.2. The van der Waals surface area contributed by atoms with E-state index < -0.39 is 16.1 Å². The minimum absolute atomic E-state index is 0.173. The van der Waals surface area contributed by atoms with E-state index in [1.54, 1.807) is 24.3 Å². The van der Waals surface area contributed by atoms with E-state index in [2.05, 4.69) is 5.32 Å². The highest BCUT2D eigenvalue weighted by Crippen LogP contribution is 2.24. The largest absolute Gasteiger partial charge is 0.348 e. The highest BCUT2D eigenvalue weighted by Gasteiger charge is 2.31. The van der Waals surface area contributed by atoms with E-state index >= 15 is 0 Å². The molecule has 1 N–H and O–H groups in total. The maximum atomic E-state index is 13.0. The Balaban J connectivity index is 2.32. The monoisotopic (exact) mass is 360 g/mol. The number of sulfonamides is 1. The molecule has 0 saturated carbocycles. The highest BCUT2D eigenvalue weighted by molar-refractivity contribution is 7.88. The third kappa shape index (κ3) is 4.90. The molecule has 0 spiro atoms. The van der Waals surface area contributed by atoms with E-state index in [0.717, 1.165) is 16.1 Å². The molecule has 0 aliphatic rings. The lowest BCUT2D eigenvalue weighted by Crippen LogP contribution is -2.42. The van der Waals surface area contributed by atoms with Gasteiger partial charge in [-0.25, -0.2) is 8.42 Å². The van der Waals surface area contributed by atoms with Crippen molar-refractivity contribution in [2.45, 2.75) is 25.4 Å². The van der Waals surface area contributed by atoms with Crippen molar-refractivity contribution in [1.82, 2.24) is 9.62 Å². The predicted octanol–water partition coefficient (Wildman–Crippen LogP) is 2.89. The molecular formula is C19H24N2O3S. The first kappa shape index (κ1) is 19.1. The van der Waals surface area contributed by atoms with Crippen LogP contribution in [0.5, 0.6) is 0 Å². The van der Waals surface area contributed by atoms with Crippen LogP contribution in [0.1, 0.15) is 36.6 Å². The Bertz CT molecular complexity index is 792. The quantitative estimate of drug-likeness (QED) is 0.826. The van der Waals surface area contributed by atoms with Gasteiger partial charge in [-0.15, -0.1) is 0 Å². The van der Waals surface area contributed by atoms with Crippen molar-refractivity contribution in [3.05, 3.63) is 71.8 Å². The van der Waals surface area contributed by atoms with Crippen molar-refractivity contribution in [1.29, 1.82) is 0 Å². The van der Waals surface area contributed by atoms with E-state index in [0.29, 0.717) is 12.0 Å². The second-order valence-corrected chi connectivity index (χ2v) is 8.01. The lowest BCUT2D eigenvalue weighted by Gasteiger charge is -2.28. The minimum Gasteiger partial charge on any atom is -0.348 e. The lowest BCUT2D eigenvalue weighted by molar-refractivity contribution is -0.125. The van der Waals surface area contributed by atoms with Crippen molar-refractivity contribution in [2.24, 2.45) is 0 Å². The molecule has 0 radical (unpaired) electrons. The molecule has 0 bridgehead atoms. The van der Waals surface area contributed by atoms with Crippen LogP contribution in [0.2, 0.25) is 0 Å². The fraction of sp³-hybridized carbons (Fsp3) is 0.316. The molecule has 0 fully saturated rings. The first-order chi connectivity index (χ1) is 11.8.